The molecule has 2 fully saturated rings. The molecule has 0 radical (unpaired) electrons. The largest absolute Gasteiger partial charge is 0.378 e. The molecule has 21 heavy (non-hydrogen) atoms. The van der Waals surface area contributed by atoms with Crippen molar-refractivity contribution in [3.8, 4) is 0 Å². The zero-order chi connectivity index (χ0) is 14.7. The summed E-state index contributed by atoms with van der Waals surface area (Å²) in [7, 11) is 0. The predicted octanol–water partition coefficient (Wildman–Crippen LogP) is 0.673. The second kappa shape index (κ2) is 6.10. The van der Waals surface area contributed by atoms with Crippen molar-refractivity contribution in [3.63, 3.8) is 0 Å². The first kappa shape index (κ1) is 13.8. The number of hydrogen-bond donors (Lipinski definition) is 1. The molecular weight excluding hydrogens is 268 g/mol. The Kier molecular flexibility index (Phi) is 4.01. The van der Waals surface area contributed by atoms with E-state index in [0.717, 1.165) is 5.56 Å². The van der Waals surface area contributed by atoms with Crippen LogP contribution in [0.3, 0.4) is 0 Å². The third kappa shape index (κ3) is 3.31. The molecule has 5 heteroatoms. The van der Waals surface area contributed by atoms with Crippen molar-refractivity contribution < 1.29 is 14.3 Å². The zero-order valence-electron chi connectivity index (χ0n) is 11.7. The monoisotopic (exact) mass is 286 g/mol. The second-order valence-corrected chi connectivity index (χ2v) is 5.43. The van der Waals surface area contributed by atoms with E-state index in [1.54, 1.807) is 17.1 Å². The van der Waals surface area contributed by atoms with E-state index in [0.29, 0.717) is 26.3 Å². The van der Waals surface area contributed by atoms with Crippen LogP contribution in [-0.2, 0) is 14.3 Å². The molecule has 0 aliphatic carbocycles. The van der Waals surface area contributed by atoms with Crippen molar-refractivity contribution in [2.24, 2.45) is 5.92 Å². The molecule has 3 rings (SSSR count). The van der Waals surface area contributed by atoms with E-state index in [9.17, 15) is 9.59 Å². The summed E-state index contributed by atoms with van der Waals surface area (Å²) in [4.78, 5) is 25.9. The average molecular weight is 286 g/mol. The highest BCUT2D eigenvalue weighted by Crippen LogP contribution is 2.14. The van der Waals surface area contributed by atoms with E-state index in [4.69, 9.17) is 4.74 Å². The third-order valence-electron chi connectivity index (χ3n) is 3.77. The lowest BCUT2D eigenvalue weighted by Crippen LogP contribution is -2.43. The Hall–Kier alpha value is -2.14. The van der Waals surface area contributed by atoms with Gasteiger partial charge in [0.15, 0.2) is 0 Å². The van der Waals surface area contributed by atoms with Crippen LogP contribution in [0.2, 0.25) is 0 Å². The van der Waals surface area contributed by atoms with Crippen LogP contribution in [-0.4, -0.2) is 49.1 Å². The molecule has 1 aromatic carbocycles. The van der Waals surface area contributed by atoms with Crippen molar-refractivity contribution in [3.05, 3.63) is 42.0 Å². The van der Waals surface area contributed by atoms with Gasteiger partial charge in [0, 0.05) is 19.2 Å². The van der Waals surface area contributed by atoms with Crippen molar-refractivity contribution in [1.29, 1.82) is 0 Å². The van der Waals surface area contributed by atoms with Gasteiger partial charge in [-0.3, -0.25) is 9.59 Å². The molecule has 2 aliphatic heterocycles. The number of nitrogens with zero attached hydrogens (tertiary/aromatic N) is 1. The molecule has 2 amide bonds. The van der Waals surface area contributed by atoms with E-state index < -0.39 is 0 Å². The predicted molar refractivity (Wildman–Crippen MR) is 78.3 cm³/mol. The van der Waals surface area contributed by atoms with Crippen LogP contribution in [0.1, 0.15) is 5.56 Å². The van der Waals surface area contributed by atoms with Crippen LogP contribution in [0, 0.1) is 5.92 Å². The molecule has 0 spiro atoms. The summed E-state index contributed by atoms with van der Waals surface area (Å²) in [5.41, 5.74) is 0.985. The summed E-state index contributed by atoms with van der Waals surface area (Å²) >= 11 is 0. The lowest BCUT2D eigenvalue weighted by Gasteiger charge is -2.26. The molecule has 2 heterocycles. The molecule has 0 aromatic heterocycles. The van der Waals surface area contributed by atoms with E-state index >= 15 is 0 Å². The van der Waals surface area contributed by atoms with Crippen LogP contribution in [0.5, 0.6) is 0 Å². The normalized spacial score (nSPS) is 25.5. The maximum absolute atomic E-state index is 12.3. The van der Waals surface area contributed by atoms with Gasteiger partial charge in [-0.25, -0.2) is 0 Å². The van der Waals surface area contributed by atoms with E-state index in [1.165, 1.54) is 0 Å². The molecule has 110 valence electrons. The van der Waals surface area contributed by atoms with Crippen LogP contribution in [0.4, 0.5) is 0 Å². The highest BCUT2D eigenvalue weighted by atomic mass is 16.5. The lowest BCUT2D eigenvalue weighted by atomic mass is 10.1. The molecule has 2 saturated heterocycles. The van der Waals surface area contributed by atoms with Crippen LogP contribution in [0.25, 0.3) is 6.08 Å². The average Bonchev–Trinajstić information content (AvgIpc) is 2.74. The van der Waals surface area contributed by atoms with Gasteiger partial charge in [0.2, 0.25) is 11.8 Å². The SMILES string of the molecule is O=C1N[C@@H]2COC[C@H]1CN(C(=O)C=Cc1ccccc1)C2. The first-order valence-electron chi connectivity index (χ1n) is 7.12. The standard InChI is InChI=1S/C16H18N2O3/c19-15(7-6-12-4-2-1-3-5-12)18-8-13-10-21-11-14(9-18)17-16(13)20/h1-7,13-14H,8-11H2,(H,17,20)/t13-,14+/m1/s1. The Morgan fingerprint density at radius 2 is 2.05 bits per heavy atom. The maximum Gasteiger partial charge on any atom is 0.246 e. The Labute approximate surface area is 123 Å². The summed E-state index contributed by atoms with van der Waals surface area (Å²) in [5.74, 6) is -0.348. The zero-order valence-corrected chi connectivity index (χ0v) is 11.7. The molecule has 2 aliphatic rings. The minimum Gasteiger partial charge on any atom is -0.378 e. The summed E-state index contributed by atoms with van der Waals surface area (Å²) in [6.07, 6.45) is 3.37. The highest BCUT2D eigenvalue weighted by Gasteiger charge is 2.34. The minimum atomic E-state index is -0.272. The van der Waals surface area contributed by atoms with Gasteiger partial charge in [-0.2, -0.15) is 0 Å². The van der Waals surface area contributed by atoms with E-state index in [1.807, 2.05) is 30.3 Å². The van der Waals surface area contributed by atoms with Gasteiger partial charge in [-0.15, -0.1) is 0 Å². The van der Waals surface area contributed by atoms with E-state index in [2.05, 4.69) is 5.32 Å². The summed E-state index contributed by atoms with van der Waals surface area (Å²) in [6.45, 7) is 1.77. The number of hydrogen-bond acceptors (Lipinski definition) is 3. The van der Waals surface area contributed by atoms with Crippen LogP contribution in [0.15, 0.2) is 36.4 Å². The molecule has 0 saturated carbocycles. The van der Waals surface area contributed by atoms with Crippen molar-refractivity contribution >= 4 is 17.9 Å². The topological polar surface area (TPSA) is 58.6 Å². The van der Waals surface area contributed by atoms with Gasteiger partial charge >= 0.3 is 0 Å². The molecule has 0 unspecified atom stereocenters. The smallest absolute Gasteiger partial charge is 0.246 e. The maximum atomic E-state index is 12.3. The van der Waals surface area contributed by atoms with E-state index in [-0.39, 0.29) is 23.8 Å². The van der Waals surface area contributed by atoms with Gasteiger partial charge in [-0.05, 0) is 11.6 Å². The third-order valence-corrected chi connectivity index (χ3v) is 3.77. The van der Waals surface area contributed by atoms with Crippen LogP contribution >= 0.6 is 0 Å². The van der Waals surface area contributed by atoms with Crippen molar-refractivity contribution in [2.75, 3.05) is 26.3 Å². The van der Waals surface area contributed by atoms with Gasteiger partial charge < -0.3 is 15.0 Å². The lowest BCUT2D eigenvalue weighted by molar-refractivity contribution is -0.129. The Bertz CT molecular complexity index is 556. The quantitative estimate of drug-likeness (QED) is 0.813. The number of carbonyl (C=O) groups excluding carboxylic acids is 2. The van der Waals surface area contributed by atoms with Crippen LogP contribution < -0.4 is 5.32 Å². The summed E-state index contributed by atoms with van der Waals surface area (Å²) < 4.78 is 5.45. The van der Waals surface area contributed by atoms with Gasteiger partial charge in [-0.1, -0.05) is 30.3 Å². The number of rotatable bonds is 2. The molecule has 2 atom stereocenters. The molecule has 2 bridgehead atoms. The highest BCUT2D eigenvalue weighted by molar-refractivity contribution is 5.92. The second-order valence-electron chi connectivity index (χ2n) is 5.43. The van der Waals surface area contributed by atoms with Crippen molar-refractivity contribution in [1.82, 2.24) is 10.2 Å². The fourth-order valence-corrected chi connectivity index (χ4v) is 2.65. The number of nitrogens with one attached hydrogen (secondary N) is 1. The number of benzene rings is 1. The minimum absolute atomic E-state index is 0.0140. The Morgan fingerprint density at radius 1 is 1.24 bits per heavy atom. The first-order valence-corrected chi connectivity index (χ1v) is 7.12. The summed E-state index contributed by atoms with van der Waals surface area (Å²) in [5, 5.41) is 2.92. The van der Waals surface area contributed by atoms with Gasteiger partial charge in [0.05, 0.1) is 25.2 Å². The molecular formula is C16H18N2O3. The fraction of sp³-hybridized carbons (Fsp3) is 0.375. The molecule has 1 N–H and O–H groups in total. The number of fused-ring (bicyclic) bond motifs is 3. The Balaban J connectivity index is 1.70. The van der Waals surface area contributed by atoms with Crippen molar-refractivity contribution in [2.45, 2.75) is 6.04 Å². The van der Waals surface area contributed by atoms with Gasteiger partial charge in [0.1, 0.15) is 0 Å². The number of amides is 2. The van der Waals surface area contributed by atoms with Gasteiger partial charge in [0.25, 0.3) is 0 Å². The first-order chi connectivity index (χ1) is 10.2. The molecule has 5 nitrogen and oxygen atoms in total. The Morgan fingerprint density at radius 3 is 2.86 bits per heavy atom. The number of ether oxygens (including phenoxy) is 1. The fourth-order valence-electron chi connectivity index (χ4n) is 2.65. The number of carbonyl (C=O) groups is 2. The summed E-state index contributed by atoms with van der Waals surface area (Å²) in [6, 6.07) is 9.58. The molecule has 1 aromatic rings.